The van der Waals surface area contributed by atoms with Gasteiger partial charge < -0.3 is 5.11 Å². The topological polar surface area (TPSA) is 50.2 Å². The van der Waals surface area contributed by atoms with Crippen LogP contribution < -0.4 is 0 Å². The van der Waals surface area contributed by atoms with Crippen LogP contribution in [0.1, 0.15) is 18.4 Å². The van der Waals surface area contributed by atoms with Crippen LogP contribution in [0.25, 0.3) is 0 Å². The van der Waals surface area contributed by atoms with E-state index in [9.17, 15) is 18.0 Å². The van der Waals surface area contributed by atoms with Crippen molar-refractivity contribution in [1.29, 1.82) is 0 Å². The molecular weight excluding hydrogens is 199 g/mol. The molecule has 1 unspecified atom stereocenters. The number of carboxylic acid groups (broad SMARTS) is 1. The van der Waals surface area contributed by atoms with E-state index in [-0.39, 0.29) is 0 Å². The van der Waals surface area contributed by atoms with Gasteiger partial charge in [0.15, 0.2) is 5.82 Å². The molecule has 0 radical (unpaired) electrons. The molecule has 0 spiro atoms. The first-order chi connectivity index (χ1) is 6.45. The summed E-state index contributed by atoms with van der Waals surface area (Å²) in [6, 6.07) is 0. The van der Waals surface area contributed by atoms with Gasteiger partial charge in [0.2, 0.25) is 5.95 Å². The summed E-state index contributed by atoms with van der Waals surface area (Å²) in [5.74, 6) is -7.12. The Hall–Kier alpha value is -1.59. The molecule has 0 aliphatic rings. The monoisotopic (exact) mass is 205 g/mol. The highest BCUT2D eigenvalue weighted by Gasteiger charge is 2.25. The third-order valence-corrected chi connectivity index (χ3v) is 1.77. The highest BCUT2D eigenvalue weighted by molar-refractivity contribution is 5.75. The number of carboxylic acids is 1. The second-order valence-corrected chi connectivity index (χ2v) is 2.68. The summed E-state index contributed by atoms with van der Waals surface area (Å²) in [6.45, 7) is 1.06. The molecule has 0 aliphatic heterocycles. The third-order valence-electron chi connectivity index (χ3n) is 1.77. The molecule has 76 valence electrons. The van der Waals surface area contributed by atoms with E-state index in [4.69, 9.17) is 5.11 Å². The summed E-state index contributed by atoms with van der Waals surface area (Å²) in [6.07, 6.45) is 0.452. The lowest BCUT2D eigenvalue weighted by atomic mass is 10.0. The van der Waals surface area contributed by atoms with Gasteiger partial charge in [0.05, 0.1) is 12.1 Å². The number of hydrogen-bond donors (Lipinski definition) is 1. The maximum absolute atomic E-state index is 12.9. The second-order valence-electron chi connectivity index (χ2n) is 2.68. The van der Waals surface area contributed by atoms with E-state index in [0.29, 0.717) is 6.20 Å². The van der Waals surface area contributed by atoms with Gasteiger partial charge in [0.1, 0.15) is 5.82 Å². The van der Waals surface area contributed by atoms with Gasteiger partial charge in [-0.2, -0.15) is 4.39 Å². The van der Waals surface area contributed by atoms with Crippen molar-refractivity contribution in [2.75, 3.05) is 0 Å². The molecule has 1 rings (SSSR count). The smallest absolute Gasteiger partial charge is 0.310 e. The molecular formula is C8H6F3NO2. The predicted molar refractivity (Wildman–Crippen MR) is 40.2 cm³/mol. The van der Waals surface area contributed by atoms with E-state index in [1.807, 2.05) is 0 Å². The first kappa shape index (κ1) is 10.5. The van der Waals surface area contributed by atoms with Crippen LogP contribution in [0.5, 0.6) is 0 Å². The van der Waals surface area contributed by atoms with Crippen molar-refractivity contribution in [1.82, 2.24) is 4.98 Å². The molecule has 1 N–H and O–H groups in total. The van der Waals surface area contributed by atoms with Crippen LogP contribution >= 0.6 is 0 Å². The minimum atomic E-state index is -1.56. The lowest BCUT2D eigenvalue weighted by Crippen LogP contribution is -2.13. The number of rotatable bonds is 2. The predicted octanol–water partition coefficient (Wildman–Crippen LogP) is 1.69. The minimum Gasteiger partial charge on any atom is -0.481 e. The maximum atomic E-state index is 12.9. The Morgan fingerprint density at radius 3 is 2.57 bits per heavy atom. The zero-order chi connectivity index (χ0) is 10.9. The van der Waals surface area contributed by atoms with Crippen LogP contribution in [0.3, 0.4) is 0 Å². The van der Waals surface area contributed by atoms with Gasteiger partial charge in [-0.05, 0) is 6.92 Å². The molecule has 1 aromatic rings. The number of aromatic nitrogens is 1. The number of hydrogen-bond acceptors (Lipinski definition) is 2. The fraction of sp³-hybridized carbons (Fsp3) is 0.250. The van der Waals surface area contributed by atoms with E-state index in [2.05, 4.69) is 4.98 Å². The van der Waals surface area contributed by atoms with Gasteiger partial charge in [0, 0.05) is 5.56 Å². The molecule has 1 aromatic heterocycles. The van der Waals surface area contributed by atoms with Gasteiger partial charge in [0.25, 0.3) is 0 Å². The van der Waals surface area contributed by atoms with Crippen LogP contribution in [-0.4, -0.2) is 16.1 Å². The number of halogens is 3. The Balaban J connectivity index is 3.32. The lowest BCUT2D eigenvalue weighted by molar-refractivity contribution is -0.138. The molecule has 1 heterocycles. The number of nitrogens with zero attached hydrogens (tertiary/aromatic N) is 1. The summed E-state index contributed by atoms with van der Waals surface area (Å²) in [5, 5.41) is 8.50. The van der Waals surface area contributed by atoms with E-state index >= 15 is 0 Å². The molecule has 0 fully saturated rings. The van der Waals surface area contributed by atoms with Crippen LogP contribution in [0, 0.1) is 17.6 Å². The van der Waals surface area contributed by atoms with Crippen molar-refractivity contribution in [2.24, 2.45) is 0 Å². The molecule has 0 saturated carbocycles. The number of aliphatic carboxylic acids is 1. The quantitative estimate of drug-likeness (QED) is 0.747. The van der Waals surface area contributed by atoms with Crippen LogP contribution in [-0.2, 0) is 4.79 Å². The third kappa shape index (κ3) is 1.68. The first-order valence-electron chi connectivity index (χ1n) is 3.67. The molecule has 14 heavy (non-hydrogen) atoms. The van der Waals surface area contributed by atoms with Crippen molar-refractivity contribution in [3.63, 3.8) is 0 Å². The normalized spacial score (nSPS) is 12.6. The summed E-state index contributed by atoms with van der Waals surface area (Å²) in [7, 11) is 0. The Kier molecular flexibility index (Phi) is 2.73. The van der Waals surface area contributed by atoms with Crippen molar-refractivity contribution in [3.8, 4) is 0 Å². The average Bonchev–Trinajstić information content (AvgIpc) is 2.12. The minimum absolute atomic E-state index is 0.452. The average molecular weight is 205 g/mol. The van der Waals surface area contributed by atoms with Crippen LogP contribution in [0.2, 0.25) is 0 Å². The van der Waals surface area contributed by atoms with Gasteiger partial charge in [-0.3, -0.25) is 4.79 Å². The fourth-order valence-corrected chi connectivity index (χ4v) is 0.976. The second kappa shape index (κ2) is 3.65. The summed E-state index contributed by atoms with van der Waals surface area (Å²) in [4.78, 5) is 13.2. The SMILES string of the molecule is CC(C(=O)O)c1c(F)cnc(F)c1F. The van der Waals surface area contributed by atoms with Crippen LogP contribution in [0.4, 0.5) is 13.2 Å². The van der Waals surface area contributed by atoms with Crippen LogP contribution in [0.15, 0.2) is 6.20 Å². The summed E-state index contributed by atoms with van der Waals surface area (Å²) >= 11 is 0. The van der Waals surface area contributed by atoms with Gasteiger partial charge in [-0.25, -0.2) is 13.8 Å². The standard InChI is InChI=1S/C8H6F3NO2/c1-3(8(13)14)5-4(9)2-12-7(11)6(5)10/h2-3H,1H3,(H,13,14). The summed E-state index contributed by atoms with van der Waals surface area (Å²) < 4.78 is 38.4. The Bertz CT molecular complexity index is 381. The zero-order valence-electron chi connectivity index (χ0n) is 7.09. The molecule has 0 aliphatic carbocycles. The Morgan fingerprint density at radius 2 is 2.07 bits per heavy atom. The first-order valence-corrected chi connectivity index (χ1v) is 3.67. The largest absolute Gasteiger partial charge is 0.481 e. The van der Waals surface area contributed by atoms with Crippen molar-refractivity contribution in [2.45, 2.75) is 12.8 Å². The lowest BCUT2D eigenvalue weighted by Gasteiger charge is -2.08. The molecule has 0 bridgehead atoms. The van der Waals surface area contributed by atoms with Gasteiger partial charge in [-0.15, -0.1) is 0 Å². The van der Waals surface area contributed by atoms with Crippen molar-refractivity contribution in [3.05, 3.63) is 29.3 Å². The molecule has 0 saturated heterocycles. The molecule has 6 heteroatoms. The molecule has 0 amide bonds. The van der Waals surface area contributed by atoms with Gasteiger partial charge >= 0.3 is 5.97 Å². The van der Waals surface area contributed by atoms with E-state index in [0.717, 1.165) is 6.92 Å². The summed E-state index contributed by atoms with van der Waals surface area (Å²) in [5.41, 5.74) is -0.815. The molecule has 3 nitrogen and oxygen atoms in total. The van der Waals surface area contributed by atoms with Crippen molar-refractivity contribution < 1.29 is 23.1 Å². The highest BCUT2D eigenvalue weighted by atomic mass is 19.2. The molecule has 0 aromatic carbocycles. The highest BCUT2D eigenvalue weighted by Crippen LogP contribution is 2.22. The maximum Gasteiger partial charge on any atom is 0.310 e. The number of carbonyl (C=O) groups is 1. The van der Waals surface area contributed by atoms with Crippen molar-refractivity contribution >= 4 is 5.97 Å². The Morgan fingerprint density at radius 1 is 1.50 bits per heavy atom. The fourth-order valence-electron chi connectivity index (χ4n) is 0.976. The molecule has 1 atom stereocenters. The van der Waals surface area contributed by atoms with Gasteiger partial charge in [-0.1, -0.05) is 0 Å². The Labute approximate surface area is 77.2 Å². The van der Waals surface area contributed by atoms with E-state index < -0.39 is 35.0 Å². The van der Waals surface area contributed by atoms with E-state index in [1.54, 1.807) is 0 Å². The van der Waals surface area contributed by atoms with E-state index in [1.165, 1.54) is 0 Å². The zero-order valence-corrected chi connectivity index (χ0v) is 7.09. The number of pyridine rings is 1.